The van der Waals surface area contributed by atoms with E-state index in [0.717, 1.165) is 17.8 Å². The molecule has 0 unspecified atom stereocenters. The molecule has 5 nitrogen and oxygen atoms in total. The van der Waals surface area contributed by atoms with Crippen LogP contribution < -0.4 is 10.2 Å². The van der Waals surface area contributed by atoms with E-state index in [1.165, 1.54) is 22.3 Å². The number of hydrogen-bond acceptors (Lipinski definition) is 2. The van der Waals surface area contributed by atoms with Gasteiger partial charge in [0, 0.05) is 29.5 Å². The molecule has 1 heterocycles. The second-order valence-electron chi connectivity index (χ2n) is 7.59. The maximum atomic E-state index is 12.7. The van der Waals surface area contributed by atoms with Crippen LogP contribution in [0.5, 0.6) is 0 Å². The summed E-state index contributed by atoms with van der Waals surface area (Å²) in [5, 5.41) is 3.52. The van der Waals surface area contributed by atoms with Crippen molar-refractivity contribution < 1.29 is 9.59 Å². The molecule has 5 rings (SSSR count). The molecule has 0 aromatic heterocycles. The Bertz CT molecular complexity index is 1160. The van der Waals surface area contributed by atoms with Gasteiger partial charge in [-0.1, -0.05) is 48.0 Å². The molecule has 0 atom stereocenters. The minimum absolute atomic E-state index is 0.0210. The molecule has 0 spiro atoms. The van der Waals surface area contributed by atoms with E-state index >= 15 is 0 Å². The van der Waals surface area contributed by atoms with Crippen LogP contribution in [0.1, 0.15) is 11.1 Å². The Morgan fingerprint density at radius 3 is 2.63 bits per heavy atom. The zero-order valence-corrected chi connectivity index (χ0v) is 17.0. The summed E-state index contributed by atoms with van der Waals surface area (Å²) < 4.78 is 0. The minimum atomic E-state index is -0.202. The molecule has 3 aromatic rings. The highest BCUT2D eigenvalue weighted by Gasteiger charge is 2.31. The Kier molecular flexibility index (Phi) is 4.68. The summed E-state index contributed by atoms with van der Waals surface area (Å²) in [6.45, 7) is 1.05. The summed E-state index contributed by atoms with van der Waals surface area (Å²) in [4.78, 5) is 28.5. The van der Waals surface area contributed by atoms with Crippen molar-refractivity contribution >= 4 is 34.9 Å². The summed E-state index contributed by atoms with van der Waals surface area (Å²) in [6.07, 6.45) is 0.869. The number of fused-ring (bicyclic) bond motifs is 3. The van der Waals surface area contributed by atoms with E-state index in [4.69, 9.17) is 11.6 Å². The Balaban J connectivity index is 1.24. The van der Waals surface area contributed by atoms with Gasteiger partial charge in [-0.05, 0) is 59.0 Å². The van der Waals surface area contributed by atoms with Gasteiger partial charge in [-0.25, -0.2) is 4.79 Å². The van der Waals surface area contributed by atoms with Crippen LogP contribution in [-0.4, -0.2) is 36.5 Å². The number of nitrogens with one attached hydrogen (secondary N) is 1. The highest BCUT2D eigenvalue weighted by atomic mass is 35.5. The lowest BCUT2D eigenvalue weighted by atomic mass is 10.1. The maximum absolute atomic E-state index is 12.7. The first-order chi connectivity index (χ1) is 14.6. The molecule has 150 valence electrons. The van der Waals surface area contributed by atoms with Gasteiger partial charge in [0.2, 0.25) is 5.91 Å². The zero-order chi connectivity index (χ0) is 20.7. The van der Waals surface area contributed by atoms with Gasteiger partial charge in [0.15, 0.2) is 0 Å². The van der Waals surface area contributed by atoms with Crippen LogP contribution in [0.3, 0.4) is 0 Å². The van der Waals surface area contributed by atoms with Crippen molar-refractivity contribution in [3.8, 4) is 11.1 Å². The molecule has 2 aliphatic rings. The van der Waals surface area contributed by atoms with Gasteiger partial charge in [-0.15, -0.1) is 0 Å². The van der Waals surface area contributed by atoms with E-state index in [9.17, 15) is 9.59 Å². The molecule has 0 bridgehead atoms. The molecule has 1 N–H and O–H groups in total. The number of amides is 3. The molecule has 1 fully saturated rings. The van der Waals surface area contributed by atoms with Crippen LogP contribution in [-0.2, 0) is 11.2 Å². The summed E-state index contributed by atoms with van der Waals surface area (Å²) in [5.74, 6) is -0.202. The van der Waals surface area contributed by atoms with E-state index in [1.807, 2.05) is 36.4 Å². The molecule has 3 aromatic carbocycles. The van der Waals surface area contributed by atoms with Crippen LogP contribution in [0.25, 0.3) is 11.1 Å². The van der Waals surface area contributed by atoms with Gasteiger partial charge in [0.05, 0.1) is 0 Å². The zero-order valence-electron chi connectivity index (χ0n) is 16.3. The molecule has 1 aliphatic heterocycles. The first-order valence-electron chi connectivity index (χ1n) is 9.91. The number of benzene rings is 3. The maximum Gasteiger partial charge on any atom is 0.325 e. The standard InChI is InChI=1S/C24H20ClN3O2/c25-18-5-3-6-20(14-18)28-11-10-27(24(28)30)15-23(29)26-19-8-9-22-17(13-19)12-16-4-1-2-7-21(16)22/h1-9,13-14H,10-12,15H2,(H,26,29). The molecule has 0 saturated carbocycles. The molecular weight excluding hydrogens is 398 g/mol. The number of anilines is 2. The van der Waals surface area contributed by atoms with Crippen molar-refractivity contribution in [2.24, 2.45) is 0 Å². The first kappa shape index (κ1) is 18.7. The monoisotopic (exact) mass is 417 g/mol. The number of halogens is 1. The van der Waals surface area contributed by atoms with Crippen LogP contribution in [0.4, 0.5) is 16.2 Å². The lowest BCUT2D eigenvalue weighted by Crippen LogP contribution is -2.37. The summed E-state index contributed by atoms with van der Waals surface area (Å²) in [6, 6.07) is 21.4. The van der Waals surface area contributed by atoms with Crippen LogP contribution in [0, 0.1) is 0 Å². The second-order valence-corrected chi connectivity index (χ2v) is 8.03. The second kappa shape index (κ2) is 7.50. The van der Waals surface area contributed by atoms with Gasteiger partial charge in [-0.3, -0.25) is 9.69 Å². The number of carbonyl (C=O) groups excluding carboxylic acids is 2. The predicted molar refractivity (Wildman–Crippen MR) is 119 cm³/mol. The minimum Gasteiger partial charge on any atom is -0.325 e. The van der Waals surface area contributed by atoms with Crippen molar-refractivity contribution in [1.82, 2.24) is 4.90 Å². The van der Waals surface area contributed by atoms with Crippen molar-refractivity contribution in [2.45, 2.75) is 6.42 Å². The molecule has 3 amide bonds. The van der Waals surface area contributed by atoms with Gasteiger partial charge in [0.1, 0.15) is 6.54 Å². The number of rotatable bonds is 4. The predicted octanol–water partition coefficient (Wildman–Crippen LogP) is 4.79. The van der Waals surface area contributed by atoms with Gasteiger partial charge >= 0.3 is 6.03 Å². The number of urea groups is 1. The topological polar surface area (TPSA) is 52.7 Å². The Morgan fingerprint density at radius 1 is 0.933 bits per heavy atom. The molecular formula is C24H20ClN3O2. The van der Waals surface area contributed by atoms with Crippen molar-refractivity contribution in [2.75, 3.05) is 29.9 Å². The number of hydrogen-bond donors (Lipinski definition) is 1. The van der Waals surface area contributed by atoms with Crippen LogP contribution in [0.2, 0.25) is 5.02 Å². The number of nitrogens with zero attached hydrogens (tertiary/aromatic N) is 2. The summed E-state index contributed by atoms with van der Waals surface area (Å²) >= 11 is 6.04. The van der Waals surface area contributed by atoms with Crippen LogP contribution in [0.15, 0.2) is 66.7 Å². The lowest BCUT2D eigenvalue weighted by molar-refractivity contribution is -0.116. The highest BCUT2D eigenvalue weighted by molar-refractivity contribution is 6.30. The Hall–Kier alpha value is -3.31. The Labute approximate surface area is 179 Å². The molecule has 1 aliphatic carbocycles. The molecule has 30 heavy (non-hydrogen) atoms. The average molecular weight is 418 g/mol. The van der Waals surface area contributed by atoms with Crippen molar-refractivity contribution in [3.63, 3.8) is 0 Å². The smallest absolute Gasteiger partial charge is 0.325 e. The normalized spacial score (nSPS) is 14.6. The van der Waals surface area contributed by atoms with Crippen molar-refractivity contribution in [3.05, 3.63) is 82.9 Å². The quantitative estimate of drug-likeness (QED) is 0.519. The largest absolute Gasteiger partial charge is 0.325 e. The van der Waals surface area contributed by atoms with Crippen LogP contribution >= 0.6 is 11.6 Å². The molecule has 6 heteroatoms. The molecule has 1 saturated heterocycles. The Morgan fingerprint density at radius 2 is 1.77 bits per heavy atom. The average Bonchev–Trinajstić information content (AvgIpc) is 3.28. The third-order valence-electron chi connectivity index (χ3n) is 5.63. The third-order valence-corrected chi connectivity index (χ3v) is 5.86. The fourth-order valence-electron chi connectivity index (χ4n) is 4.21. The van der Waals surface area contributed by atoms with Crippen molar-refractivity contribution in [1.29, 1.82) is 0 Å². The van der Waals surface area contributed by atoms with E-state index in [-0.39, 0.29) is 18.5 Å². The molecule has 0 radical (unpaired) electrons. The first-order valence-corrected chi connectivity index (χ1v) is 10.3. The lowest BCUT2D eigenvalue weighted by Gasteiger charge is -2.18. The SMILES string of the molecule is O=C(CN1CCN(c2cccc(Cl)c2)C1=O)Nc1ccc2c(c1)Cc1ccccc1-2. The highest BCUT2D eigenvalue weighted by Crippen LogP contribution is 2.37. The van der Waals surface area contributed by atoms with E-state index in [0.29, 0.717) is 18.1 Å². The fourth-order valence-corrected chi connectivity index (χ4v) is 4.39. The van der Waals surface area contributed by atoms with Gasteiger partial charge < -0.3 is 10.2 Å². The van der Waals surface area contributed by atoms with E-state index < -0.39 is 0 Å². The summed E-state index contributed by atoms with van der Waals surface area (Å²) in [5.41, 5.74) is 6.49. The van der Waals surface area contributed by atoms with E-state index in [1.54, 1.807) is 21.9 Å². The summed E-state index contributed by atoms with van der Waals surface area (Å²) in [7, 11) is 0. The third kappa shape index (κ3) is 3.42. The van der Waals surface area contributed by atoms with E-state index in [2.05, 4.69) is 23.5 Å². The van der Waals surface area contributed by atoms with Gasteiger partial charge in [-0.2, -0.15) is 0 Å². The number of carbonyl (C=O) groups is 2. The fraction of sp³-hybridized carbons (Fsp3) is 0.167. The van der Waals surface area contributed by atoms with Gasteiger partial charge in [0.25, 0.3) is 0 Å².